The van der Waals surface area contributed by atoms with Gasteiger partial charge in [-0.2, -0.15) is 4.31 Å². The minimum absolute atomic E-state index is 0.0719. The van der Waals surface area contributed by atoms with Crippen LogP contribution in [0.4, 0.5) is 0 Å². The number of aromatic nitrogens is 1. The van der Waals surface area contributed by atoms with Crippen molar-refractivity contribution in [1.82, 2.24) is 14.6 Å². The number of H-pyrrole nitrogens is 1. The number of aromatic amines is 1. The lowest BCUT2D eigenvalue weighted by Gasteiger charge is -2.25. The van der Waals surface area contributed by atoms with Crippen molar-refractivity contribution in [2.75, 3.05) is 40.0 Å². The Hall–Kier alpha value is -1.91. The number of amides is 1. The van der Waals surface area contributed by atoms with E-state index < -0.39 is 10.0 Å². The Balaban J connectivity index is 1.79. The van der Waals surface area contributed by atoms with Gasteiger partial charge in [0.25, 0.3) is 5.91 Å². The van der Waals surface area contributed by atoms with E-state index in [2.05, 4.69) is 15.0 Å². The van der Waals surface area contributed by atoms with E-state index in [1.807, 2.05) is 0 Å². The Bertz CT molecular complexity index is 709. The van der Waals surface area contributed by atoms with Gasteiger partial charge >= 0.3 is 5.97 Å². The highest BCUT2D eigenvalue weighted by Gasteiger charge is 2.27. The molecule has 10 heteroatoms. The van der Waals surface area contributed by atoms with Gasteiger partial charge in [0.15, 0.2) is 0 Å². The molecule has 0 aromatic carbocycles. The molecule has 0 aliphatic carbocycles. The molecule has 2 rings (SSSR count). The first-order valence-electron chi connectivity index (χ1n) is 8.56. The van der Waals surface area contributed by atoms with Gasteiger partial charge in [-0.05, 0) is 18.9 Å². The van der Waals surface area contributed by atoms with E-state index >= 15 is 0 Å². The summed E-state index contributed by atoms with van der Waals surface area (Å²) in [5, 5.41) is 2.73. The number of hydrogen-bond acceptors (Lipinski definition) is 6. The molecule has 2 heterocycles. The number of carbonyl (C=O) groups is 2. The number of nitrogens with one attached hydrogen (secondary N) is 2. The van der Waals surface area contributed by atoms with Crippen molar-refractivity contribution < 1.29 is 27.5 Å². The predicted octanol–water partition coefficient (Wildman–Crippen LogP) is 0.499. The summed E-state index contributed by atoms with van der Waals surface area (Å²) in [6.45, 7) is 1.80. The largest absolute Gasteiger partial charge is 0.469 e. The lowest BCUT2D eigenvalue weighted by Crippen LogP contribution is -2.40. The predicted molar refractivity (Wildman–Crippen MR) is 93.2 cm³/mol. The van der Waals surface area contributed by atoms with Gasteiger partial charge < -0.3 is 19.8 Å². The molecule has 1 amide bonds. The van der Waals surface area contributed by atoms with Gasteiger partial charge in [-0.15, -0.1) is 0 Å². The van der Waals surface area contributed by atoms with Crippen LogP contribution in [0.3, 0.4) is 0 Å². The van der Waals surface area contributed by atoms with E-state index in [4.69, 9.17) is 4.74 Å². The zero-order valence-corrected chi connectivity index (χ0v) is 15.6. The molecule has 0 atom stereocenters. The normalized spacial score (nSPS) is 15.6. The van der Waals surface area contributed by atoms with Gasteiger partial charge in [-0.3, -0.25) is 9.59 Å². The van der Waals surface area contributed by atoms with Gasteiger partial charge in [0.1, 0.15) is 10.6 Å². The number of rotatable bonds is 9. The van der Waals surface area contributed by atoms with Crippen LogP contribution in [-0.4, -0.2) is 69.5 Å². The summed E-state index contributed by atoms with van der Waals surface area (Å²) in [6, 6.07) is 1.34. The van der Waals surface area contributed by atoms with Crippen LogP contribution in [0.15, 0.2) is 17.2 Å². The van der Waals surface area contributed by atoms with E-state index in [9.17, 15) is 18.0 Å². The molecule has 26 heavy (non-hydrogen) atoms. The van der Waals surface area contributed by atoms with Crippen molar-refractivity contribution in [1.29, 1.82) is 0 Å². The number of methoxy groups -OCH3 is 1. The molecule has 1 aliphatic heterocycles. The van der Waals surface area contributed by atoms with Crippen LogP contribution in [0.2, 0.25) is 0 Å². The summed E-state index contributed by atoms with van der Waals surface area (Å²) in [7, 11) is -2.27. The summed E-state index contributed by atoms with van der Waals surface area (Å²) >= 11 is 0. The van der Waals surface area contributed by atoms with Crippen LogP contribution in [0.1, 0.15) is 36.2 Å². The molecular weight excluding hydrogens is 362 g/mol. The minimum atomic E-state index is -3.62. The number of morpholine rings is 1. The average Bonchev–Trinajstić information content (AvgIpc) is 3.16. The highest BCUT2D eigenvalue weighted by atomic mass is 32.2. The third kappa shape index (κ3) is 5.55. The number of hydrogen-bond donors (Lipinski definition) is 2. The number of carbonyl (C=O) groups excluding carboxylic acids is 2. The second kappa shape index (κ2) is 9.70. The maximum Gasteiger partial charge on any atom is 0.305 e. The third-order valence-electron chi connectivity index (χ3n) is 4.08. The van der Waals surface area contributed by atoms with Crippen molar-refractivity contribution >= 4 is 21.9 Å². The van der Waals surface area contributed by atoms with Crippen LogP contribution in [0, 0.1) is 0 Å². The fraction of sp³-hybridized carbons (Fsp3) is 0.625. The van der Waals surface area contributed by atoms with Gasteiger partial charge in [0, 0.05) is 32.3 Å². The highest BCUT2D eigenvalue weighted by molar-refractivity contribution is 7.89. The molecule has 1 saturated heterocycles. The summed E-state index contributed by atoms with van der Waals surface area (Å²) in [5.41, 5.74) is 0.200. The molecule has 2 N–H and O–H groups in total. The smallest absolute Gasteiger partial charge is 0.305 e. The molecule has 1 aromatic heterocycles. The van der Waals surface area contributed by atoms with E-state index in [0.717, 1.165) is 12.8 Å². The Labute approximate surface area is 153 Å². The van der Waals surface area contributed by atoms with Gasteiger partial charge in [0.2, 0.25) is 10.0 Å². The topological polar surface area (TPSA) is 118 Å². The van der Waals surface area contributed by atoms with Crippen molar-refractivity contribution in [2.24, 2.45) is 0 Å². The molecule has 0 radical (unpaired) electrons. The van der Waals surface area contributed by atoms with E-state index in [1.54, 1.807) is 0 Å². The quantitative estimate of drug-likeness (QED) is 0.471. The molecule has 146 valence electrons. The zero-order valence-electron chi connectivity index (χ0n) is 14.8. The molecule has 1 aliphatic rings. The molecule has 1 aromatic rings. The Morgan fingerprint density at radius 1 is 1.27 bits per heavy atom. The summed E-state index contributed by atoms with van der Waals surface area (Å²) < 4.78 is 36.1. The number of esters is 1. The highest BCUT2D eigenvalue weighted by Crippen LogP contribution is 2.18. The third-order valence-corrected chi connectivity index (χ3v) is 5.96. The fourth-order valence-electron chi connectivity index (χ4n) is 2.56. The second-order valence-corrected chi connectivity index (χ2v) is 7.85. The zero-order chi connectivity index (χ0) is 19.0. The van der Waals surface area contributed by atoms with E-state index in [0.29, 0.717) is 45.7 Å². The van der Waals surface area contributed by atoms with Gasteiger partial charge in [-0.1, -0.05) is 6.42 Å². The fourth-order valence-corrected chi connectivity index (χ4v) is 3.96. The van der Waals surface area contributed by atoms with Crippen LogP contribution in [-0.2, 0) is 24.3 Å². The van der Waals surface area contributed by atoms with Crippen molar-refractivity contribution in [3.8, 4) is 0 Å². The first-order chi connectivity index (χ1) is 12.4. The molecule has 0 spiro atoms. The maximum absolute atomic E-state index is 12.5. The first kappa shape index (κ1) is 20.4. The average molecular weight is 387 g/mol. The van der Waals surface area contributed by atoms with Crippen molar-refractivity contribution in [3.05, 3.63) is 18.0 Å². The monoisotopic (exact) mass is 387 g/mol. The molecule has 0 unspecified atom stereocenters. The van der Waals surface area contributed by atoms with Crippen LogP contribution in [0.5, 0.6) is 0 Å². The lowest BCUT2D eigenvalue weighted by atomic mass is 10.2. The number of unbranched alkanes of at least 4 members (excludes halogenated alkanes) is 2. The van der Waals surface area contributed by atoms with Gasteiger partial charge in [-0.25, -0.2) is 8.42 Å². The van der Waals surface area contributed by atoms with Crippen LogP contribution in [0.25, 0.3) is 0 Å². The Morgan fingerprint density at radius 2 is 2.00 bits per heavy atom. The second-order valence-electron chi connectivity index (χ2n) is 5.91. The molecule has 1 fully saturated rings. The summed E-state index contributed by atoms with van der Waals surface area (Å²) in [6.07, 6.45) is 3.91. The summed E-state index contributed by atoms with van der Waals surface area (Å²) in [4.78, 5) is 25.9. The van der Waals surface area contributed by atoms with E-state index in [-0.39, 0.29) is 22.5 Å². The standard InChI is InChI=1S/C16H25N3O6S/c1-24-15(20)5-3-2-4-6-17-16(21)14-11-13(12-18-14)26(22,23)19-7-9-25-10-8-19/h11-12,18H,2-10H2,1H3,(H,17,21). The molecular formula is C16H25N3O6S. The first-order valence-corrected chi connectivity index (χ1v) is 10.0. The van der Waals surface area contributed by atoms with E-state index in [1.165, 1.54) is 23.7 Å². The minimum Gasteiger partial charge on any atom is -0.469 e. The van der Waals surface area contributed by atoms with Gasteiger partial charge in [0.05, 0.1) is 20.3 Å². The molecule has 0 saturated carbocycles. The van der Waals surface area contributed by atoms with Crippen molar-refractivity contribution in [3.63, 3.8) is 0 Å². The Kier molecular flexibility index (Phi) is 7.61. The van der Waals surface area contributed by atoms with Crippen LogP contribution < -0.4 is 5.32 Å². The summed E-state index contributed by atoms with van der Waals surface area (Å²) in [5.74, 6) is -0.601. The molecule has 0 bridgehead atoms. The van der Waals surface area contributed by atoms with Crippen molar-refractivity contribution in [2.45, 2.75) is 30.6 Å². The SMILES string of the molecule is COC(=O)CCCCCNC(=O)c1cc(S(=O)(=O)N2CCOCC2)c[nH]1. The maximum atomic E-state index is 12.5. The number of ether oxygens (including phenoxy) is 2. The Morgan fingerprint density at radius 3 is 2.69 bits per heavy atom. The lowest BCUT2D eigenvalue weighted by molar-refractivity contribution is -0.140. The number of nitrogens with zero attached hydrogens (tertiary/aromatic N) is 1. The number of sulfonamides is 1. The van der Waals surface area contributed by atoms with Crippen LogP contribution >= 0.6 is 0 Å². The molecule has 9 nitrogen and oxygen atoms in total.